The number of hydrogen-bond acceptors (Lipinski definition) is 3. The predicted octanol–water partition coefficient (Wildman–Crippen LogP) is 6.59. The van der Waals surface area contributed by atoms with Crippen LogP contribution in [0.4, 0.5) is 0 Å². The SMILES string of the molecule is c1ccc2c(c1)Cc1c-2cccc1-c1cccc2c(OCCOCC3CS3)cccc12. The van der Waals surface area contributed by atoms with Crippen molar-refractivity contribution in [2.75, 3.05) is 25.6 Å². The average Bonchev–Trinajstić information content (AvgIpc) is 3.56. The van der Waals surface area contributed by atoms with Gasteiger partial charge in [-0.05, 0) is 51.3 Å². The lowest BCUT2D eigenvalue weighted by atomic mass is 9.92. The van der Waals surface area contributed by atoms with Gasteiger partial charge in [-0.3, -0.25) is 0 Å². The first kappa shape index (κ1) is 19.0. The molecule has 1 aliphatic carbocycles. The molecule has 4 aromatic rings. The summed E-state index contributed by atoms with van der Waals surface area (Å²) >= 11 is 1.96. The van der Waals surface area contributed by atoms with E-state index in [1.54, 1.807) is 0 Å². The molecule has 2 aliphatic rings. The highest BCUT2D eigenvalue weighted by atomic mass is 32.2. The molecule has 0 spiro atoms. The van der Waals surface area contributed by atoms with Crippen LogP contribution in [0.1, 0.15) is 11.1 Å². The summed E-state index contributed by atoms with van der Waals surface area (Å²) in [5, 5.41) is 3.10. The quantitative estimate of drug-likeness (QED) is 0.217. The van der Waals surface area contributed by atoms with Crippen LogP contribution in [0.15, 0.2) is 78.9 Å². The van der Waals surface area contributed by atoms with Crippen LogP contribution in [0.3, 0.4) is 0 Å². The average molecular weight is 425 g/mol. The molecule has 31 heavy (non-hydrogen) atoms. The van der Waals surface area contributed by atoms with Crippen molar-refractivity contribution in [2.24, 2.45) is 0 Å². The first-order valence-electron chi connectivity index (χ1n) is 10.9. The van der Waals surface area contributed by atoms with Gasteiger partial charge < -0.3 is 9.47 Å². The Labute approximate surface area is 187 Å². The van der Waals surface area contributed by atoms with E-state index in [2.05, 4.69) is 78.9 Å². The second-order valence-corrected chi connectivity index (χ2v) is 9.53. The van der Waals surface area contributed by atoms with Crippen LogP contribution in [-0.4, -0.2) is 30.8 Å². The third kappa shape index (κ3) is 3.62. The normalized spacial score (nSPS) is 16.2. The van der Waals surface area contributed by atoms with E-state index in [1.165, 1.54) is 44.5 Å². The maximum absolute atomic E-state index is 6.12. The van der Waals surface area contributed by atoms with Crippen molar-refractivity contribution in [1.29, 1.82) is 0 Å². The van der Waals surface area contributed by atoms with Gasteiger partial charge in [0.25, 0.3) is 0 Å². The van der Waals surface area contributed by atoms with Crippen molar-refractivity contribution < 1.29 is 9.47 Å². The molecule has 2 nitrogen and oxygen atoms in total. The number of hydrogen-bond donors (Lipinski definition) is 0. The molecule has 1 heterocycles. The summed E-state index contributed by atoms with van der Waals surface area (Å²) in [5.41, 5.74) is 8.17. The van der Waals surface area contributed by atoms with Gasteiger partial charge in [-0.1, -0.05) is 72.8 Å². The number of rotatable bonds is 7. The van der Waals surface area contributed by atoms with Gasteiger partial charge in [0.1, 0.15) is 12.4 Å². The molecule has 154 valence electrons. The molecule has 3 heteroatoms. The van der Waals surface area contributed by atoms with Gasteiger partial charge in [0.05, 0.1) is 13.2 Å². The minimum atomic E-state index is 0.580. The lowest BCUT2D eigenvalue weighted by molar-refractivity contribution is 0.106. The summed E-state index contributed by atoms with van der Waals surface area (Å²) in [6.07, 6.45) is 0.991. The van der Waals surface area contributed by atoms with Crippen molar-refractivity contribution in [2.45, 2.75) is 11.7 Å². The second-order valence-electron chi connectivity index (χ2n) is 8.20. The summed E-state index contributed by atoms with van der Waals surface area (Å²) in [4.78, 5) is 0. The van der Waals surface area contributed by atoms with Crippen LogP contribution in [0.2, 0.25) is 0 Å². The molecule has 1 atom stereocenters. The Bertz CT molecular complexity index is 1260. The fourth-order valence-electron chi connectivity index (χ4n) is 4.64. The Hall–Kier alpha value is -2.75. The van der Waals surface area contributed by atoms with E-state index in [1.807, 2.05) is 11.8 Å². The topological polar surface area (TPSA) is 18.5 Å². The van der Waals surface area contributed by atoms with Crippen LogP contribution in [0, 0.1) is 0 Å². The molecule has 0 bridgehead atoms. The lowest BCUT2D eigenvalue weighted by Gasteiger charge is -2.14. The molecule has 4 aromatic carbocycles. The fourth-order valence-corrected chi connectivity index (χ4v) is 5.07. The molecular weight excluding hydrogens is 400 g/mol. The van der Waals surface area contributed by atoms with Gasteiger partial charge in [-0.25, -0.2) is 0 Å². The van der Waals surface area contributed by atoms with Crippen LogP contribution in [-0.2, 0) is 11.2 Å². The van der Waals surface area contributed by atoms with E-state index in [4.69, 9.17) is 9.47 Å². The standard InChI is InChI=1S/C28H24O2S/c1-2-7-21-19(6-1)16-27-22(21)8-3-10-25(27)23-9-4-12-26-24(23)11-5-13-28(26)30-15-14-29-17-20-18-31-20/h1-13,20H,14-18H2. The maximum Gasteiger partial charge on any atom is 0.127 e. The third-order valence-electron chi connectivity index (χ3n) is 6.21. The minimum absolute atomic E-state index is 0.580. The number of fused-ring (bicyclic) bond motifs is 4. The monoisotopic (exact) mass is 424 g/mol. The summed E-state index contributed by atoms with van der Waals surface area (Å²) in [5.74, 6) is 2.17. The fraction of sp³-hybridized carbons (Fsp3) is 0.214. The van der Waals surface area contributed by atoms with Gasteiger partial charge in [0.2, 0.25) is 0 Å². The molecule has 0 N–H and O–H groups in total. The first-order valence-corrected chi connectivity index (χ1v) is 12.0. The lowest BCUT2D eigenvalue weighted by Crippen LogP contribution is -2.09. The van der Waals surface area contributed by atoms with Crippen LogP contribution in [0.5, 0.6) is 5.75 Å². The Morgan fingerprint density at radius 3 is 2.32 bits per heavy atom. The summed E-state index contributed by atoms with van der Waals surface area (Å²) < 4.78 is 11.8. The van der Waals surface area contributed by atoms with E-state index in [0.29, 0.717) is 18.5 Å². The second kappa shape index (κ2) is 8.07. The van der Waals surface area contributed by atoms with Crippen molar-refractivity contribution in [3.05, 3.63) is 90.0 Å². The van der Waals surface area contributed by atoms with Crippen molar-refractivity contribution in [3.63, 3.8) is 0 Å². The van der Waals surface area contributed by atoms with Crippen LogP contribution >= 0.6 is 11.8 Å². The minimum Gasteiger partial charge on any atom is -0.491 e. The summed E-state index contributed by atoms with van der Waals surface area (Å²) in [6, 6.07) is 28.4. The van der Waals surface area contributed by atoms with E-state index < -0.39 is 0 Å². The molecule has 6 rings (SSSR count). The Morgan fingerprint density at radius 1 is 0.710 bits per heavy atom. The highest BCUT2D eigenvalue weighted by molar-refractivity contribution is 8.06. The summed E-state index contributed by atoms with van der Waals surface area (Å²) in [6.45, 7) is 2.06. The molecule has 0 radical (unpaired) electrons. The molecule has 0 aromatic heterocycles. The van der Waals surface area contributed by atoms with Crippen LogP contribution < -0.4 is 4.74 Å². The highest BCUT2D eigenvalue weighted by Gasteiger charge is 2.23. The van der Waals surface area contributed by atoms with E-state index in [0.717, 1.165) is 24.2 Å². The largest absolute Gasteiger partial charge is 0.491 e. The van der Waals surface area contributed by atoms with Gasteiger partial charge >= 0.3 is 0 Å². The van der Waals surface area contributed by atoms with Gasteiger partial charge in [-0.15, -0.1) is 0 Å². The smallest absolute Gasteiger partial charge is 0.127 e. The van der Waals surface area contributed by atoms with Gasteiger partial charge in [-0.2, -0.15) is 11.8 Å². The molecule has 1 fully saturated rings. The molecular formula is C28H24O2S. The van der Waals surface area contributed by atoms with Gasteiger partial charge in [0.15, 0.2) is 0 Å². The zero-order valence-electron chi connectivity index (χ0n) is 17.3. The van der Waals surface area contributed by atoms with E-state index in [9.17, 15) is 0 Å². The Kier molecular flexibility index (Phi) is 4.94. The number of thioether (sulfide) groups is 1. The zero-order chi connectivity index (χ0) is 20.6. The zero-order valence-corrected chi connectivity index (χ0v) is 18.2. The predicted molar refractivity (Wildman–Crippen MR) is 130 cm³/mol. The molecule has 0 saturated carbocycles. The maximum atomic E-state index is 6.12. The van der Waals surface area contributed by atoms with Crippen molar-refractivity contribution in [1.82, 2.24) is 0 Å². The highest BCUT2D eigenvalue weighted by Crippen LogP contribution is 2.43. The number of benzene rings is 4. The molecule has 1 unspecified atom stereocenters. The van der Waals surface area contributed by atoms with Crippen molar-refractivity contribution >= 4 is 22.5 Å². The first-order chi connectivity index (χ1) is 15.4. The Morgan fingerprint density at radius 2 is 1.42 bits per heavy atom. The molecule has 0 amide bonds. The number of ether oxygens (including phenoxy) is 2. The van der Waals surface area contributed by atoms with Crippen LogP contribution in [0.25, 0.3) is 33.0 Å². The van der Waals surface area contributed by atoms with E-state index in [-0.39, 0.29) is 0 Å². The van der Waals surface area contributed by atoms with Gasteiger partial charge in [0, 0.05) is 16.4 Å². The van der Waals surface area contributed by atoms with E-state index >= 15 is 0 Å². The third-order valence-corrected chi connectivity index (χ3v) is 7.16. The van der Waals surface area contributed by atoms with Crippen molar-refractivity contribution in [3.8, 4) is 28.0 Å². The summed E-state index contributed by atoms with van der Waals surface area (Å²) in [7, 11) is 0. The molecule has 1 aliphatic heterocycles. The molecule has 1 saturated heterocycles. The Balaban J connectivity index is 1.33.